The Morgan fingerprint density at radius 3 is 2.37 bits per heavy atom. The Balaban J connectivity index is 1.96. The largest absolute Gasteiger partial charge is 0.466 e. The maximum absolute atomic E-state index is 11.9. The molecule has 5 nitrogen and oxygen atoms in total. The Morgan fingerprint density at radius 1 is 1.19 bits per heavy atom. The number of ether oxygens (including phenoxy) is 1. The number of piperidine rings is 1. The molecule has 1 heterocycles. The first-order valence-electron chi connectivity index (χ1n) is 10.2. The van der Waals surface area contributed by atoms with Crippen LogP contribution in [0.1, 0.15) is 48.9 Å². The Morgan fingerprint density at radius 2 is 1.81 bits per heavy atom. The van der Waals surface area contributed by atoms with E-state index in [1.54, 1.807) is 0 Å². The van der Waals surface area contributed by atoms with Gasteiger partial charge in [0, 0.05) is 26.2 Å². The number of nitrogens with zero attached hydrogens (tertiary/aromatic N) is 2. The number of likely N-dealkylation sites (tertiary alicyclic amines) is 1. The van der Waals surface area contributed by atoms with E-state index in [1.165, 1.54) is 22.3 Å². The van der Waals surface area contributed by atoms with Gasteiger partial charge in [0.05, 0.1) is 12.5 Å². The van der Waals surface area contributed by atoms with Crippen LogP contribution in [0.3, 0.4) is 0 Å². The van der Waals surface area contributed by atoms with Crippen LogP contribution in [0.25, 0.3) is 0 Å². The smallest absolute Gasteiger partial charge is 0.309 e. The van der Waals surface area contributed by atoms with E-state index in [1.807, 2.05) is 6.92 Å². The number of benzene rings is 1. The van der Waals surface area contributed by atoms with Crippen LogP contribution < -0.4 is 5.32 Å². The fourth-order valence-electron chi connectivity index (χ4n) is 3.89. The topological polar surface area (TPSA) is 53.9 Å². The Bertz CT molecular complexity index is 639. The van der Waals surface area contributed by atoms with Crippen molar-refractivity contribution in [1.82, 2.24) is 10.2 Å². The summed E-state index contributed by atoms with van der Waals surface area (Å²) in [5.74, 6) is 0.938. The number of nitrogens with one attached hydrogen (secondary N) is 1. The third-order valence-corrected chi connectivity index (χ3v) is 5.21. The van der Waals surface area contributed by atoms with Gasteiger partial charge >= 0.3 is 5.97 Å². The molecule has 1 aliphatic heterocycles. The summed E-state index contributed by atoms with van der Waals surface area (Å²) in [4.78, 5) is 19.1. The SMILES string of the molecule is CCNC(=NCCc1c(C)cc(C)cc1C)N1CCC(C(=O)OCC)CC1. The second-order valence-corrected chi connectivity index (χ2v) is 7.38. The van der Waals surface area contributed by atoms with Gasteiger partial charge in [0.1, 0.15) is 0 Å². The van der Waals surface area contributed by atoms with Gasteiger partial charge < -0.3 is 15.0 Å². The first-order valence-corrected chi connectivity index (χ1v) is 10.2. The van der Waals surface area contributed by atoms with Crippen LogP contribution in [-0.2, 0) is 16.0 Å². The third-order valence-electron chi connectivity index (χ3n) is 5.21. The van der Waals surface area contributed by atoms with Crippen LogP contribution >= 0.6 is 0 Å². The lowest BCUT2D eigenvalue weighted by Crippen LogP contribution is -2.46. The van der Waals surface area contributed by atoms with Crippen molar-refractivity contribution >= 4 is 11.9 Å². The second-order valence-electron chi connectivity index (χ2n) is 7.38. The highest BCUT2D eigenvalue weighted by atomic mass is 16.5. The van der Waals surface area contributed by atoms with Crippen molar-refractivity contribution in [3.63, 3.8) is 0 Å². The van der Waals surface area contributed by atoms with Gasteiger partial charge in [0.15, 0.2) is 5.96 Å². The zero-order chi connectivity index (χ0) is 19.8. The van der Waals surface area contributed by atoms with Gasteiger partial charge in [-0.1, -0.05) is 17.7 Å². The van der Waals surface area contributed by atoms with Crippen LogP contribution in [-0.4, -0.2) is 49.6 Å². The number of hydrogen-bond acceptors (Lipinski definition) is 3. The molecular formula is C22H35N3O2. The minimum atomic E-state index is -0.0515. The lowest BCUT2D eigenvalue weighted by molar-refractivity contribution is -0.149. The molecule has 0 saturated carbocycles. The normalized spacial score (nSPS) is 15.7. The van der Waals surface area contributed by atoms with Crippen molar-refractivity contribution < 1.29 is 9.53 Å². The minimum absolute atomic E-state index is 0.0296. The summed E-state index contributed by atoms with van der Waals surface area (Å²) < 4.78 is 5.17. The number of carbonyl (C=O) groups is 1. The lowest BCUT2D eigenvalue weighted by atomic mass is 9.97. The van der Waals surface area contributed by atoms with E-state index in [-0.39, 0.29) is 11.9 Å². The van der Waals surface area contributed by atoms with Crippen molar-refractivity contribution in [2.45, 2.75) is 53.9 Å². The van der Waals surface area contributed by atoms with Crippen LogP contribution in [0, 0.1) is 26.7 Å². The Labute approximate surface area is 164 Å². The number of hydrogen-bond donors (Lipinski definition) is 1. The van der Waals surface area contributed by atoms with Crippen molar-refractivity contribution in [3.05, 3.63) is 34.4 Å². The highest BCUT2D eigenvalue weighted by Crippen LogP contribution is 2.19. The third kappa shape index (κ3) is 5.98. The fourth-order valence-corrected chi connectivity index (χ4v) is 3.89. The maximum Gasteiger partial charge on any atom is 0.309 e. The van der Waals surface area contributed by atoms with Gasteiger partial charge in [-0.15, -0.1) is 0 Å². The second kappa shape index (κ2) is 10.3. The van der Waals surface area contributed by atoms with Gasteiger partial charge in [-0.3, -0.25) is 9.79 Å². The maximum atomic E-state index is 11.9. The number of rotatable bonds is 6. The molecule has 0 radical (unpaired) electrons. The van der Waals surface area contributed by atoms with E-state index in [9.17, 15) is 4.79 Å². The number of aryl methyl sites for hydroxylation is 3. The molecule has 27 heavy (non-hydrogen) atoms. The molecule has 1 aliphatic rings. The van der Waals surface area contributed by atoms with E-state index < -0.39 is 0 Å². The van der Waals surface area contributed by atoms with Crippen LogP contribution in [0.4, 0.5) is 0 Å². The number of esters is 1. The van der Waals surface area contributed by atoms with Crippen LogP contribution in [0.15, 0.2) is 17.1 Å². The molecule has 0 aliphatic carbocycles. The van der Waals surface area contributed by atoms with E-state index in [4.69, 9.17) is 9.73 Å². The average molecular weight is 374 g/mol. The van der Waals surface area contributed by atoms with Gasteiger partial charge in [0.2, 0.25) is 0 Å². The molecule has 1 aromatic rings. The molecule has 1 saturated heterocycles. The predicted octanol–water partition coefficient (Wildman–Crippen LogP) is 3.39. The zero-order valence-electron chi connectivity index (χ0n) is 17.6. The molecule has 1 N–H and O–H groups in total. The van der Waals surface area contributed by atoms with Gasteiger partial charge in [-0.05, 0) is 70.6 Å². The van der Waals surface area contributed by atoms with Gasteiger partial charge in [-0.2, -0.15) is 0 Å². The molecule has 0 spiro atoms. The number of guanidine groups is 1. The summed E-state index contributed by atoms with van der Waals surface area (Å²) >= 11 is 0. The zero-order valence-corrected chi connectivity index (χ0v) is 17.6. The first-order chi connectivity index (χ1) is 13.0. The molecule has 1 aromatic carbocycles. The molecule has 0 aromatic heterocycles. The van der Waals surface area contributed by atoms with Crippen molar-refractivity contribution in [1.29, 1.82) is 0 Å². The summed E-state index contributed by atoms with van der Waals surface area (Å²) in [6, 6.07) is 4.49. The van der Waals surface area contributed by atoms with E-state index >= 15 is 0 Å². The molecule has 1 fully saturated rings. The molecule has 5 heteroatoms. The Hall–Kier alpha value is -2.04. The molecule has 2 rings (SSSR count). The van der Waals surface area contributed by atoms with Crippen molar-refractivity contribution in [2.24, 2.45) is 10.9 Å². The molecule has 150 valence electrons. The summed E-state index contributed by atoms with van der Waals surface area (Å²) in [5.41, 5.74) is 5.42. The predicted molar refractivity (Wildman–Crippen MR) is 111 cm³/mol. The number of aliphatic imine (C=N–C) groups is 1. The summed E-state index contributed by atoms with van der Waals surface area (Å²) in [7, 11) is 0. The minimum Gasteiger partial charge on any atom is -0.466 e. The number of carbonyl (C=O) groups excluding carboxylic acids is 1. The van der Waals surface area contributed by atoms with E-state index in [0.29, 0.717) is 6.61 Å². The van der Waals surface area contributed by atoms with Crippen LogP contribution in [0.2, 0.25) is 0 Å². The monoisotopic (exact) mass is 373 g/mol. The molecular weight excluding hydrogens is 338 g/mol. The quantitative estimate of drug-likeness (QED) is 0.472. The first kappa shape index (κ1) is 21.3. The highest BCUT2D eigenvalue weighted by molar-refractivity contribution is 5.80. The highest BCUT2D eigenvalue weighted by Gasteiger charge is 2.27. The molecule has 0 unspecified atom stereocenters. The van der Waals surface area contributed by atoms with Gasteiger partial charge in [0.25, 0.3) is 0 Å². The van der Waals surface area contributed by atoms with Crippen molar-refractivity contribution in [3.8, 4) is 0 Å². The standard InChI is InChI=1S/C22H35N3O2/c1-6-23-22(25-12-9-19(10-13-25)21(26)27-7-2)24-11-8-20-17(4)14-16(3)15-18(20)5/h14-15,19H,6-13H2,1-5H3,(H,23,24). The van der Waals surface area contributed by atoms with Crippen LogP contribution in [0.5, 0.6) is 0 Å². The molecule has 0 atom stereocenters. The molecule has 0 amide bonds. The Kier molecular flexibility index (Phi) is 8.14. The van der Waals surface area contributed by atoms with Crippen molar-refractivity contribution in [2.75, 3.05) is 32.8 Å². The van der Waals surface area contributed by atoms with Gasteiger partial charge in [-0.25, -0.2) is 0 Å². The average Bonchev–Trinajstić information content (AvgIpc) is 2.63. The molecule has 0 bridgehead atoms. The van der Waals surface area contributed by atoms with E-state index in [2.05, 4.69) is 50.0 Å². The lowest BCUT2D eigenvalue weighted by Gasteiger charge is -2.33. The summed E-state index contributed by atoms with van der Waals surface area (Å²) in [5, 5.41) is 3.41. The van der Waals surface area contributed by atoms with E-state index in [0.717, 1.165) is 51.4 Å². The summed E-state index contributed by atoms with van der Waals surface area (Å²) in [6.45, 7) is 14.2. The summed E-state index contributed by atoms with van der Waals surface area (Å²) in [6.07, 6.45) is 2.62. The fraction of sp³-hybridized carbons (Fsp3) is 0.636.